The second-order valence-corrected chi connectivity index (χ2v) is 7.40. The molecule has 1 aliphatic rings. The molecule has 0 atom stereocenters. The van der Waals surface area contributed by atoms with Crippen molar-refractivity contribution in [3.8, 4) is 0 Å². The van der Waals surface area contributed by atoms with Crippen LogP contribution in [-0.4, -0.2) is 29.7 Å². The van der Waals surface area contributed by atoms with Crippen molar-refractivity contribution in [1.29, 1.82) is 0 Å². The van der Waals surface area contributed by atoms with Crippen molar-refractivity contribution in [3.05, 3.63) is 28.1 Å². The van der Waals surface area contributed by atoms with Gasteiger partial charge in [-0.1, -0.05) is 0 Å². The second kappa shape index (κ2) is 4.92. The maximum Gasteiger partial charge on any atom is 0.274 e. The van der Waals surface area contributed by atoms with Gasteiger partial charge in [0.15, 0.2) is 5.82 Å². The molecule has 0 spiro atoms. The molecule has 1 aromatic carbocycles. The number of nitrogens with zero attached hydrogens (tertiary/aromatic N) is 2. The molecule has 0 radical (unpaired) electrons. The second-order valence-electron chi connectivity index (χ2n) is 5.60. The van der Waals surface area contributed by atoms with Crippen LogP contribution in [0.3, 0.4) is 0 Å². The van der Waals surface area contributed by atoms with Crippen molar-refractivity contribution in [3.63, 3.8) is 0 Å². The Bertz CT molecular complexity index is 679. The molecule has 7 nitrogen and oxygen atoms in total. The van der Waals surface area contributed by atoms with Crippen LogP contribution in [0.5, 0.6) is 0 Å². The van der Waals surface area contributed by atoms with Crippen molar-refractivity contribution < 1.29 is 17.7 Å². The Morgan fingerprint density at radius 2 is 2.05 bits per heavy atom. The van der Waals surface area contributed by atoms with Crippen LogP contribution < -0.4 is 5.73 Å². The Kier molecular flexibility index (Phi) is 3.66. The number of benzene rings is 1. The molecule has 9 heteroatoms. The summed E-state index contributed by atoms with van der Waals surface area (Å²) in [5.41, 5.74) is 3.88. The molecule has 1 fully saturated rings. The first-order chi connectivity index (χ1) is 9.57. The minimum Gasteiger partial charge on any atom is -0.397 e. The van der Waals surface area contributed by atoms with Crippen LogP contribution in [-0.2, 0) is 10.0 Å². The smallest absolute Gasteiger partial charge is 0.274 e. The molecule has 116 valence electrons. The van der Waals surface area contributed by atoms with E-state index in [1.807, 2.05) is 0 Å². The first-order valence-electron chi connectivity index (χ1n) is 6.33. The number of sulfonamides is 1. The van der Waals surface area contributed by atoms with Gasteiger partial charge in [-0.3, -0.25) is 10.1 Å². The van der Waals surface area contributed by atoms with Crippen LogP contribution in [0.2, 0.25) is 0 Å². The molecule has 0 aromatic heterocycles. The van der Waals surface area contributed by atoms with Gasteiger partial charge >= 0.3 is 0 Å². The van der Waals surface area contributed by atoms with Crippen LogP contribution in [0, 0.1) is 15.9 Å². The molecule has 0 aliphatic carbocycles. The van der Waals surface area contributed by atoms with Gasteiger partial charge in [0.2, 0.25) is 10.0 Å². The van der Waals surface area contributed by atoms with Gasteiger partial charge in [0.05, 0.1) is 16.7 Å². The van der Waals surface area contributed by atoms with E-state index in [-0.39, 0.29) is 6.54 Å². The van der Waals surface area contributed by atoms with E-state index in [0.717, 1.165) is 6.07 Å². The third-order valence-electron chi connectivity index (χ3n) is 3.64. The summed E-state index contributed by atoms with van der Waals surface area (Å²) >= 11 is 0. The highest BCUT2D eigenvalue weighted by molar-refractivity contribution is 7.89. The zero-order valence-electron chi connectivity index (χ0n) is 11.7. The number of nitro groups is 1. The first-order valence-corrected chi connectivity index (χ1v) is 7.77. The molecule has 0 amide bonds. The van der Waals surface area contributed by atoms with Crippen molar-refractivity contribution in [2.45, 2.75) is 37.1 Å². The lowest BCUT2D eigenvalue weighted by Crippen LogP contribution is -2.43. The van der Waals surface area contributed by atoms with E-state index in [0.29, 0.717) is 18.9 Å². The SMILES string of the molecule is CC1(C)CCCN1S(=O)(=O)c1c(N)cc([N+](=O)[O-])cc1F. The zero-order valence-corrected chi connectivity index (χ0v) is 12.5. The van der Waals surface area contributed by atoms with Gasteiger partial charge in [-0.2, -0.15) is 4.31 Å². The first kappa shape index (κ1) is 15.6. The molecular formula is C12H16FN3O4S. The molecule has 1 saturated heterocycles. The largest absolute Gasteiger partial charge is 0.397 e. The molecule has 1 aliphatic heterocycles. The molecule has 21 heavy (non-hydrogen) atoms. The van der Waals surface area contributed by atoms with Crippen LogP contribution in [0.25, 0.3) is 0 Å². The highest BCUT2D eigenvalue weighted by Crippen LogP contribution is 2.37. The number of hydrogen-bond acceptors (Lipinski definition) is 5. The molecule has 1 heterocycles. The molecule has 0 unspecified atom stereocenters. The van der Waals surface area contributed by atoms with E-state index < -0.39 is 42.6 Å². The van der Waals surface area contributed by atoms with Crippen LogP contribution in [0.15, 0.2) is 17.0 Å². The Hall–Kier alpha value is -1.74. The minimum absolute atomic E-state index is 0.269. The number of hydrogen-bond donors (Lipinski definition) is 1. The summed E-state index contributed by atoms with van der Waals surface area (Å²) in [5.74, 6) is -1.20. The lowest BCUT2D eigenvalue weighted by atomic mass is 10.0. The fourth-order valence-electron chi connectivity index (χ4n) is 2.62. The molecule has 0 saturated carbocycles. The molecule has 2 rings (SSSR count). The Balaban J connectivity index is 2.59. The third kappa shape index (κ3) is 2.58. The maximum absolute atomic E-state index is 14.1. The zero-order chi connectivity index (χ0) is 16.0. The van der Waals surface area contributed by atoms with Crippen molar-refractivity contribution in [2.75, 3.05) is 12.3 Å². The lowest BCUT2D eigenvalue weighted by molar-refractivity contribution is -0.385. The van der Waals surface area contributed by atoms with Gasteiger partial charge in [0.25, 0.3) is 5.69 Å². The molecular weight excluding hydrogens is 301 g/mol. The predicted molar refractivity (Wildman–Crippen MR) is 74.7 cm³/mol. The van der Waals surface area contributed by atoms with Crippen molar-refractivity contribution in [1.82, 2.24) is 4.31 Å². The summed E-state index contributed by atoms with van der Waals surface area (Å²) in [5, 5.41) is 10.6. The van der Waals surface area contributed by atoms with E-state index in [2.05, 4.69) is 0 Å². The highest BCUT2D eigenvalue weighted by atomic mass is 32.2. The van der Waals surface area contributed by atoms with Crippen LogP contribution in [0.4, 0.5) is 15.8 Å². The number of nitro benzene ring substituents is 1. The van der Waals surface area contributed by atoms with Crippen LogP contribution in [0.1, 0.15) is 26.7 Å². The van der Waals surface area contributed by atoms with Gasteiger partial charge in [-0.25, -0.2) is 12.8 Å². The minimum atomic E-state index is -4.14. The molecule has 2 N–H and O–H groups in total. The average Bonchev–Trinajstić information content (AvgIpc) is 2.68. The predicted octanol–water partition coefficient (Wildman–Crippen LogP) is 1.88. The fourth-order valence-corrected chi connectivity index (χ4v) is 4.61. The lowest BCUT2D eigenvalue weighted by Gasteiger charge is -2.30. The van der Waals surface area contributed by atoms with Crippen molar-refractivity contribution >= 4 is 21.4 Å². The highest BCUT2D eigenvalue weighted by Gasteiger charge is 2.43. The number of nitrogen functional groups attached to an aromatic ring is 1. The Morgan fingerprint density at radius 1 is 1.43 bits per heavy atom. The van der Waals surface area contributed by atoms with Gasteiger partial charge in [-0.15, -0.1) is 0 Å². The maximum atomic E-state index is 14.1. The average molecular weight is 317 g/mol. The normalized spacial score (nSPS) is 18.8. The van der Waals surface area contributed by atoms with E-state index in [4.69, 9.17) is 5.73 Å². The Labute approximate surface area is 121 Å². The van der Waals surface area contributed by atoms with E-state index >= 15 is 0 Å². The fraction of sp³-hybridized carbons (Fsp3) is 0.500. The standard InChI is InChI=1S/C12H16FN3O4S/c1-12(2)4-3-5-15(12)21(19,20)11-9(13)6-8(16(17)18)7-10(11)14/h6-7H,3-5,14H2,1-2H3. The van der Waals surface area contributed by atoms with Gasteiger partial charge in [-0.05, 0) is 26.7 Å². The number of rotatable bonds is 3. The number of anilines is 1. The van der Waals surface area contributed by atoms with Gasteiger partial charge in [0.1, 0.15) is 4.90 Å². The quantitative estimate of drug-likeness (QED) is 0.520. The monoisotopic (exact) mass is 317 g/mol. The van der Waals surface area contributed by atoms with Crippen LogP contribution >= 0.6 is 0 Å². The summed E-state index contributed by atoms with van der Waals surface area (Å²) < 4.78 is 40.5. The van der Waals surface area contributed by atoms with E-state index in [1.165, 1.54) is 4.31 Å². The summed E-state index contributed by atoms with van der Waals surface area (Å²) in [7, 11) is -4.14. The molecule has 1 aromatic rings. The number of halogens is 1. The van der Waals surface area contributed by atoms with Gasteiger partial charge < -0.3 is 5.73 Å². The summed E-state index contributed by atoms with van der Waals surface area (Å²) in [6.07, 6.45) is 1.32. The summed E-state index contributed by atoms with van der Waals surface area (Å²) in [4.78, 5) is 9.13. The number of non-ortho nitro benzene ring substituents is 1. The topological polar surface area (TPSA) is 107 Å². The number of nitrogens with two attached hydrogens (primary N) is 1. The molecule has 0 bridgehead atoms. The van der Waals surface area contributed by atoms with E-state index in [1.54, 1.807) is 13.8 Å². The summed E-state index contributed by atoms with van der Waals surface area (Å²) in [6.45, 7) is 3.76. The Morgan fingerprint density at radius 3 is 2.48 bits per heavy atom. The van der Waals surface area contributed by atoms with E-state index in [9.17, 15) is 22.9 Å². The summed E-state index contributed by atoms with van der Waals surface area (Å²) in [6, 6.07) is 1.44. The third-order valence-corrected chi connectivity index (χ3v) is 5.84. The van der Waals surface area contributed by atoms with Gasteiger partial charge in [0, 0.05) is 18.2 Å². The van der Waals surface area contributed by atoms with Crippen molar-refractivity contribution in [2.24, 2.45) is 0 Å².